The molecule has 1 heterocycles. The van der Waals surface area contributed by atoms with E-state index in [0.29, 0.717) is 5.69 Å². The van der Waals surface area contributed by atoms with Crippen LogP contribution in [0.15, 0.2) is 30.5 Å². The predicted molar refractivity (Wildman–Crippen MR) is 50.8 cm³/mol. The topological polar surface area (TPSA) is 54.5 Å². The molecule has 2 rings (SSSR count). The second kappa shape index (κ2) is 3.30. The number of hydrogen-bond donors (Lipinski definition) is 0. The summed E-state index contributed by atoms with van der Waals surface area (Å²) in [5.74, 6) is 0. The summed E-state index contributed by atoms with van der Waals surface area (Å²) in [4.78, 5) is 0. The van der Waals surface area contributed by atoms with Gasteiger partial charge in [-0.2, -0.15) is 5.26 Å². The minimum absolute atomic E-state index is 0.439. The zero-order chi connectivity index (χ0) is 9.97. The minimum Gasteiger partial charge on any atom is -0.203 e. The lowest BCUT2D eigenvalue weighted by Gasteiger charge is -2.00. The van der Waals surface area contributed by atoms with Crippen molar-refractivity contribution >= 4 is 0 Å². The molecule has 4 heteroatoms. The Morgan fingerprint density at radius 3 is 2.64 bits per heavy atom. The molecule has 0 saturated heterocycles. The highest BCUT2D eigenvalue weighted by atomic mass is 15.4. The van der Waals surface area contributed by atoms with E-state index in [0.717, 1.165) is 5.69 Å². The minimum atomic E-state index is 0.439. The normalized spacial score (nSPS) is 9.71. The second-order valence-corrected chi connectivity index (χ2v) is 2.98. The predicted octanol–water partition coefficient (Wildman–Crippen LogP) is 1.45. The van der Waals surface area contributed by atoms with E-state index in [9.17, 15) is 0 Å². The van der Waals surface area contributed by atoms with Crippen molar-refractivity contribution in [2.45, 2.75) is 6.92 Å². The molecule has 0 aliphatic heterocycles. The van der Waals surface area contributed by atoms with E-state index < -0.39 is 0 Å². The standard InChI is InChI=1S/C10H8N4/c1-8-2-4-9(5-3-8)14-10(6-11)7-12-13-14/h2-5,7H,1H3. The van der Waals surface area contributed by atoms with Gasteiger partial charge in [0.2, 0.25) is 0 Å². The van der Waals surface area contributed by atoms with Crippen LogP contribution in [0.4, 0.5) is 0 Å². The van der Waals surface area contributed by atoms with Crippen LogP contribution < -0.4 is 0 Å². The molecule has 0 saturated carbocycles. The number of rotatable bonds is 1. The van der Waals surface area contributed by atoms with Crippen molar-refractivity contribution in [2.75, 3.05) is 0 Å². The van der Waals surface area contributed by atoms with E-state index in [4.69, 9.17) is 5.26 Å². The third-order valence-corrected chi connectivity index (χ3v) is 1.94. The van der Waals surface area contributed by atoms with Gasteiger partial charge in [-0.25, -0.2) is 4.68 Å². The van der Waals surface area contributed by atoms with Gasteiger partial charge in [-0.05, 0) is 19.1 Å². The number of aryl methyl sites for hydroxylation is 1. The van der Waals surface area contributed by atoms with Gasteiger partial charge >= 0.3 is 0 Å². The molecule has 0 radical (unpaired) electrons. The summed E-state index contributed by atoms with van der Waals surface area (Å²) in [6.07, 6.45) is 1.44. The van der Waals surface area contributed by atoms with Crippen molar-refractivity contribution in [3.05, 3.63) is 41.7 Å². The molecule has 0 spiro atoms. The van der Waals surface area contributed by atoms with Gasteiger partial charge in [0, 0.05) is 0 Å². The fourth-order valence-electron chi connectivity index (χ4n) is 1.19. The zero-order valence-corrected chi connectivity index (χ0v) is 7.68. The third kappa shape index (κ3) is 1.36. The fraction of sp³-hybridized carbons (Fsp3) is 0.100. The van der Waals surface area contributed by atoms with Gasteiger partial charge in [0.15, 0.2) is 5.69 Å². The van der Waals surface area contributed by atoms with Crippen LogP contribution in [0.3, 0.4) is 0 Å². The average molecular weight is 184 g/mol. The zero-order valence-electron chi connectivity index (χ0n) is 7.68. The SMILES string of the molecule is Cc1ccc(-n2nncc2C#N)cc1. The van der Waals surface area contributed by atoms with Gasteiger partial charge in [0.1, 0.15) is 6.07 Å². The highest BCUT2D eigenvalue weighted by Gasteiger charge is 2.03. The largest absolute Gasteiger partial charge is 0.203 e. The van der Waals surface area contributed by atoms with Crippen LogP contribution in [0.25, 0.3) is 5.69 Å². The Bertz CT molecular complexity index is 476. The van der Waals surface area contributed by atoms with Gasteiger partial charge in [0.05, 0.1) is 11.9 Å². The van der Waals surface area contributed by atoms with Crippen LogP contribution in [-0.2, 0) is 0 Å². The van der Waals surface area contributed by atoms with Crippen LogP contribution in [0.1, 0.15) is 11.3 Å². The lowest BCUT2D eigenvalue weighted by atomic mass is 10.2. The molecule has 0 aliphatic carbocycles. The molecule has 1 aromatic heterocycles. The fourth-order valence-corrected chi connectivity index (χ4v) is 1.19. The van der Waals surface area contributed by atoms with E-state index in [1.807, 2.05) is 37.3 Å². The van der Waals surface area contributed by atoms with Gasteiger partial charge < -0.3 is 0 Å². The van der Waals surface area contributed by atoms with E-state index >= 15 is 0 Å². The van der Waals surface area contributed by atoms with Crippen LogP contribution in [0.2, 0.25) is 0 Å². The maximum Gasteiger partial charge on any atom is 0.164 e. The lowest BCUT2D eigenvalue weighted by molar-refractivity contribution is 0.795. The quantitative estimate of drug-likeness (QED) is 0.674. The first-order valence-corrected chi connectivity index (χ1v) is 4.19. The van der Waals surface area contributed by atoms with Crippen molar-refractivity contribution in [3.8, 4) is 11.8 Å². The summed E-state index contributed by atoms with van der Waals surface area (Å²) in [6.45, 7) is 2.01. The molecular formula is C10H8N4. The maximum atomic E-state index is 8.77. The van der Waals surface area contributed by atoms with Crippen molar-refractivity contribution in [3.63, 3.8) is 0 Å². The molecule has 2 aromatic rings. The Hall–Kier alpha value is -2.15. The molecule has 0 fully saturated rings. The molecule has 14 heavy (non-hydrogen) atoms. The highest BCUT2D eigenvalue weighted by molar-refractivity contribution is 5.36. The Morgan fingerprint density at radius 2 is 2.00 bits per heavy atom. The number of benzene rings is 1. The summed E-state index contributed by atoms with van der Waals surface area (Å²) in [6, 6.07) is 9.78. The molecule has 1 aromatic carbocycles. The maximum absolute atomic E-state index is 8.77. The lowest BCUT2D eigenvalue weighted by Crippen LogP contribution is -1.99. The first-order chi connectivity index (χ1) is 6.81. The molecule has 0 bridgehead atoms. The van der Waals surface area contributed by atoms with Crippen LogP contribution >= 0.6 is 0 Å². The van der Waals surface area contributed by atoms with Gasteiger partial charge in [-0.1, -0.05) is 22.9 Å². The Labute approximate surface area is 81.4 Å². The molecule has 0 aliphatic rings. The third-order valence-electron chi connectivity index (χ3n) is 1.94. The smallest absolute Gasteiger partial charge is 0.164 e. The molecule has 0 unspecified atom stereocenters. The molecule has 68 valence electrons. The van der Waals surface area contributed by atoms with E-state index in [1.54, 1.807) is 0 Å². The van der Waals surface area contributed by atoms with Crippen molar-refractivity contribution in [1.82, 2.24) is 15.0 Å². The average Bonchev–Trinajstić information content (AvgIpc) is 2.67. The summed E-state index contributed by atoms with van der Waals surface area (Å²) in [7, 11) is 0. The van der Waals surface area contributed by atoms with Crippen molar-refractivity contribution in [2.24, 2.45) is 0 Å². The highest BCUT2D eigenvalue weighted by Crippen LogP contribution is 2.09. The van der Waals surface area contributed by atoms with Gasteiger partial charge in [-0.3, -0.25) is 0 Å². The molecule has 0 atom stereocenters. The number of nitrogens with zero attached hydrogens (tertiary/aromatic N) is 4. The molecule has 0 amide bonds. The summed E-state index contributed by atoms with van der Waals surface area (Å²) in [5.41, 5.74) is 2.46. The first kappa shape index (κ1) is 8.45. The Balaban J connectivity index is 2.50. The van der Waals surface area contributed by atoms with E-state index in [1.165, 1.54) is 16.4 Å². The number of aromatic nitrogens is 3. The van der Waals surface area contributed by atoms with Crippen molar-refractivity contribution < 1.29 is 0 Å². The van der Waals surface area contributed by atoms with Crippen molar-refractivity contribution in [1.29, 1.82) is 5.26 Å². The van der Waals surface area contributed by atoms with Crippen LogP contribution in [-0.4, -0.2) is 15.0 Å². The number of nitriles is 1. The van der Waals surface area contributed by atoms with Gasteiger partial charge in [-0.15, -0.1) is 5.10 Å². The van der Waals surface area contributed by atoms with Crippen LogP contribution in [0.5, 0.6) is 0 Å². The Kier molecular flexibility index (Phi) is 1.99. The summed E-state index contributed by atoms with van der Waals surface area (Å²) < 4.78 is 1.51. The molecule has 0 N–H and O–H groups in total. The monoisotopic (exact) mass is 184 g/mol. The van der Waals surface area contributed by atoms with Gasteiger partial charge in [0.25, 0.3) is 0 Å². The molecule has 4 nitrogen and oxygen atoms in total. The van der Waals surface area contributed by atoms with E-state index in [2.05, 4.69) is 10.3 Å². The summed E-state index contributed by atoms with van der Waals surface area (Å²) in [5, 5.41) is 16.3. The summed E-state index contributed by atoms with van der Waals surface area (Å²) >= 11 is 0. The first-order valence-electron chi connectivity index (χ1n) is 4.19. The Morgan fingerprint density at radius 1 is 1.29 bits per heavy atom. The molecular weight excluding hydrogens is 176 g/mol. The van der Waals surface area contributed by atoms with E-state index in [-0.39, 0.29) is 0 Å². The van der Waals surface area contributed by atoms with Crippen LogP contribution in [0, 0.1) is 18.3 Å². The second-order valence-electron chi connectivity index (χ2n) is 2.98. The number of hydrogen-bond acceptors (Lipinski definition) is 3.